The molecule has 0 amide bonds. The average Bonchev–Trinajstić information content (AvgIpc) is 2.96. The van der Waals surface area contributed by atoms with E-state index < -0.39 is 5.82 Å². The molecule has 4 aromatic rings. The van der Waals surface area contributed by atoms with Crippen LogP contribution in [-0.2, 0) is 13.6 Å². The van der Waals surface area contributed by atoms with Crippen molar-refractivity contribution in [2.24, 2.45) is 7.05 Å². The van der Waals surface area contributed by atoms with E-state index in [1.807, 2.05) is 0 Å². The second-order valence-corrected chi connectivity index (χ2v) is 7.29. The van der Waals surface area contributed by atoms with E-state index in [1.165, 1.54) is 28.9 Å². The normalized spacial score (nSPS) is 11.2. The number of rotatable bonds is 4. The van der Waals surface area contributed by atoms with Crippen molar-refractivity contribution in [2.45, 2.75) is 6.54 Å². The summed E-state index contributed by atoms with van der Waals surface area (Å²) in [6.45, 7) is 0.349. The molecule has 0 saturated carbocycles. The first-order valence-electron chi connectivity index (χ1n) is 8.65. The standard InChI is InChI=1S/C21H14Cl2FN3O2/c1-26-21(29)17-16(10-25-26)27(20(23)18(17)22)11-12-2-4-13(5-3-12)19(28)14-6-8-15(24)9-7-14/h2-10H,11H2,1H3. The molecular formula is C21H14Cl2FN3O2. The largest absolute Gasteiger partial charge is 0.324 e. The van der Waals surface area contributed by atoms with Gasteiger partial charge in [-0.25, -0.2) is 9.07 Å². The van der Waals surface area contributed by atoms with Crippen LogP contribution >= 0.6 is 23.2 Å². The summed E-state index contributed by atoms with van der Waals surface area (Å²) in [5.74, 6) is -0.590. The highest BCUT2D eigenvalue weighted by atomic mass is 35.5. The van der Waals surface area contributed by atoms with Crippen LogP contribution < -0.4 is 5.56 Å². The Kier molecular flexibility index (Phi) is 4.98. The second kappa shape index (κ2) is 7.46. The van der Waals surface area contributed by atoms with Gasteiger partial charge in [0, 0.05) is 24.7 Å². The highest BCUT2D eigenvalue weighted by Crippen LogP contribution is 2.32. The SMILES string of the molecule is Cn1ncc2c(c(Cl)c(Cl)n2Cc2ccc(C(=O)c3ccc(F)cc3)cc2)c1=O. The van der Waals surface area contributed by atoms with Crippen molar-refractivity contribution in [1.29, 1.82) is 0 Å². The van der Waals surface area contributed by atoms with Crippen LogP contribution in [0.2, 0.25) is 10.2 Å². The predicted octanol–water partition coefficient (Wildman–Crippen LogP) is 4.46. The summed E-state index contributed by atoms with van der Waals surface area (Å²) in [5.41, 5.74) is 1.96. The molecule has 0 aliphatic carbocycles. The lowest BCUT2D eigenvalue weighted by atomic mass is 10.0. The van der Waals surface area contributed by atoms with Gasteiger partial charge >= 0.3 is 0 Å². The number of hydrogen-bond donors (Lipinski definition) is 0. The van der Waals surface area contributed by atoms with Crippen molar-refractivity contribution >= 4 is 39.9 Å². The molecule has 0 unspecified atom stereocenters. The van der Waals surface area contributed by atoms with E-state index in [2.05, 4.69) is 5.10 Å². The van der Waals surface area contributed by atoms with Gasteiger partial charge in [0.05, 0.1) is 22.1 Å². The molecule has 2 aromatic carbocycles. The summed E-state index contributed by atoms with van der Waals surface area (Å²) in [7, 11) is 1.54. The van der Waals surface area contributed by atoms with Crippen LogP contribution in [0.1, 0.15) is 21.5 Å². The number of carbonyl (C=O) groups is 1. The van der Waals surface area contributed by atoms with Gasteiger partial charge in [0.25, 0.3) is 5.56 Å². The topological polar surface area (TPSA) is 56.9 Å². The molecule has 2 aromatic heterocycles. The zero-order valence-electron chi connectivity index (χ0n) is 15.2. The van der Waals surface area contributed by atoms with Gasteiger partial charge in [-0.3, -0.25) is 9.59 Å². The molecule has 0 fully saturated rings. The Balaban J connectivity index is 1.65. The van der Waals surface area contributed by atoms with Crippen molar-refractivity contribution in [2.75, 3.05) is 0 Å². The van der Waals surface area contributed by atoms with Crippen LogP contribution in [0, 0.1) is 5.82 Å². The fraction of sp³-hybridized carbons (Fsp3) is 0.0952. The summed E-state index contributed by atoms with van der Waals surface area (Å²) < 4.78 is 15.9. The number of ketones is 1. The van der Waals surface area contributed by atoms with Crippen molar-refractivity contribution in [3.63, 3.8) is 0 Å². The van der Waals surface area contributed by atoms with Crippen LogP contribution in [0.15, 0.2) is 59.5 Å². The Morgan fingerprint density at radius 1 is 1.03 bits per heavy atom. The third-order valence-electron chi connectivity index (χ3n) is 4.71. The average molecular weight is 430 g/mol. The molecule has 0 aliphatic heterocycles. The molecule has 0 bridgehead atoms. The first-order valence-corrected chi connectivity index (χ1v) is 9.41. The highest BCUT2D eigenvalue weighted by molar-refractivity contribution is 6.45. The van der Waals surface area contributed by atoms with Gasteiger partial charge in [0.2, 0.25) is 0 Å². The molecule has 4 rings (SSSR count). The van der Waals surface area contributed by atoms with Crippen LogP contribution in [0.5, 0.6) is 0 Å². The predicted molar refractivity (Wildman–Crippen MR) is 110 cm³/mol. The zero-order valence-corrected chi connectivity index (χ0v) is 16.7. The first kappa shape index (κ1) is 19.4. The van der Waals surface area contributed by atoms with Crippen molar-refractivity contribution < 1.29 is 9.18 Å². The molecule has 0 saturated heterocycles. The molecule has 5 nitrogen and oxygen atoms in total. The molecule has 0 N–H and O–H groups in total. The maximum atomic E-state index is 13.0. The van der Waals surface area contributed by atoms with Crippen molar-refractivity contribution in [1.82, 2.24) is 14.3 Å². The number of nitrogens with zero attached hydrogens (tertiary/aromatic N) is 3. The summed E-state index contributed by atoms with van der Waals surface area (Å²) in [4.78, 5) is 24.8. The van der Waals surface area contributed by atoms with Gasteiger partial charge in [-0.05, 0) is 29.8 Å². The Bertz CT molecular complexity index is 1290. The molecule has 0 atom stereocenters. The fourth-order valence-corrected chi connectivity index (χ4v) is 3.66. The Morgan fingerprint density at radius 2 is 1.62 bits per heavy atom. The lowest BCUT2D eigenvalue weighted by Gasteiger charge is -2.08. The number of hydrogen-bond acceptors (Lipinski definition) is 3. The van der Waals surface area contributed by atoms with Gasteiger partial charge in [-0.1, -0.05) is 47.5 Å². The van der Waals surface area contributed by atoms with Crippen LogP contribution in [0.25, 0.3) is 10.9 Å². The van der Waals surface area contributed by atoms with E-state index in [0.717, 1.165) is 5.56 Å². The smallest absolute Gasteiger partial charge is 0.277 e. The maximum absolute atomic E-state index is 13.0. The highest BCUT2D eigenvalue weighted by Gasteiger charge is 2.18. The van der Waals surface area contributed by atoms with E-state index >= 15 is 0 Å². The summed E-state index contributed by atoms with van der Waals surface area (Å²) >= 11 is 12.6. The molecule has 2 heterocycles. The lowest BCUT2D eigenvalue weighted by molar-refractivity contribution is 0.103. The van der Waals surface area contributed by atoms with Crippen LogP contribution in [0.4, 0.5) is 4.39 Å². The van der Waals surface area contributed by atoms with Gasteiger partial charge in [-0.2, -0.15) is 5.10 Å². The van der Waals surface area contributed by atoms with E-state index in [4.69, 9.17) is 23.2 Å². The van der Waals surface area contributed by atoms with E-state index in [-0.39, 0.29) is 21.5 Å². The monoisotopic (exact) mass is 429 g/mol. The lowest BCUT2D eigenvalue weighted by Crippen LogP contribution is -2.19. The third kappa shape index (κ3) is 3.45. The number of carbonyl (C=O) groups excluding carboxylic acids is 1. The number of aromatic nitrogens is 3. The fourth-order valence-electron chi connectivity index (χ4n) is 3.13. The van der Waals surface area contributed by atoms with Gasteiger partial charge < -0.3 is 4.57 Å². The zero-order chi connectivity index (χ0) is 20.7. The molecular weight excluding hydrogens is 416 g/mol. The minimum absolute atomic E-state index is 0.188. The molecule has 0 radical (unpaired) electrons. The molecule has 0 aliphatic rings. The first-order chi connectivity index (χ1) is 13.9. The number of fused-ring (bicyclic) bond motifs is 1. The van der Waals surface area contributed by atoms with Gasteiger partial charge in [-0.15, -0.1) is 0 Å². The molecule has 0 spiro atoms. The van der Waals surface area contributed by atoms with Crippen LogP contribution in [0.3, 0.4) is 0 Å². The van der Waals surface area contributed by atoms with Crippen LogP contribution in [-0.4, -0.2) is 20.1 Å². The Labute approximate surface area is 174 Å². The number of halogens is 3. The van der Waals surface area contributed by atoms with E-state index in [1.54, 1.807) is 42.1 Å². The second-order valence-electron chi connectivity index (χ2n) is 6.56. The quantitative estimate of drug-likeness (QED) is 0.450. The van der Waals surface area contributed by atoms with E-state index in [0.29, 0.717) is 28.6 Å². The minimum Gasteiger partial charge on any atom is -0.324 e. The van der Waals surface area contributed by atoms with Gasteiger partial charge in [0.1, 0.15) is 11.0 Å². The Morgan fingerprint density at radius 3 is 2.24 bits per heavy atom. The van der Waals surface area contributed by atoms with E-state index in [9.17, 15) is 14.0 Å². The minimum atomic E-state index is -0.393. The summed E-state index contributed by atoms with van der Waals surface area (Å²) in [5, 5.41) is 4.79. The summed E-state index contributed by atoms with van der Waals surface area (Å²) in [6, 6.07) is 12.4. The van der Waals surface area contributed by atoms with Gasteiger partial charge in [0.15, 0.2) is 5.78 Å². The molecule has 29 heavy (non-hydrogen) atoms. The molecule has 8 heteroatoms. The third-order valence-corrected chi connectivity index (χ3v) is 5.57. The van der Waals surface area contributed by atoms with Crippen molar-refractivity contribution in [3.05, 3.63) is 97.8 Å². The van der Waals surface area contributed by atoms with Crippen molar-refractivity contribution in [3.8, 4) is 0 Å². The number of benzene rings is 2. The summed E-state index contributed by atoms with van der Waals surface area (Å²) in [6.07, 6.45) is 1.54. The Hall–Kier alpha value is -2.96. The molecule has 146 valence electrons. The maximum Gasteiger partial charge on any atom is 0.277 e. The number of aryl methyl sites for hydroxylation is 1.